The number of allylic oxidation sites excluding steroid dienone is 4. The van der Waals surface area contributed by atoms with Crippen LogP contribution >= 0.6 is 0 Å². The van der Waals surface area contributed by atoms with Crippen LogP contribution in [0.15, 0.2) is 36.5 Å². The van der Waals surface area contributed by atoms with Gasteiger partial charge in [0.2, 0.25) is 0 Å². The highest BCUT2D eigenvalue weighted by Gasteiger charge is 2.35. The minimum absolute atomic E-state index is 0.128. The quantitative estimate of drug-likeness (QED) is 0.182. The van der Waals surface area contributed by atoms with Crippen LogP contribution in [-0.4, -0.2) is 25.3 Å². The van der Waals surface area contributed by atoms with Gasteiger partial charge in [-0.15, -0.1) is 0 Å². The van der Waals surface area contributed by atoms with Crippen molar-refractivity contribution in [3.8, 4) is 0 Å². The van der Waals surface area contributed by atoms with Crippen LogP contribution in [0.5, 0.6) is 0 Å². The first-order valence-corrected chi connectivity index (χ1v) is 9.45. The lowest BCUT2D eigenvalue weighted by atomic mass is 10.1. The van der Waals surface area contributed by atoms with Gasteiger partial charge in [0.25, 0.3) is 0 Å². The Morgan fingerprint density at radius 3 is 2.25 bits per heavy atom. The smallest absolute Gasteiger partial charge is 0.305 e. The third-order valence-corrected chi connectivity index (χ3v) is 4.15. The van der Waals surface area contributed by atoms with E-state index in [1.165, 1.54) is 32.8 Å². The molecule has 0 bridgehead atoms. The van der Waals surface area contributed by atoms with Crippen LogP contribution in [0.2, 0.25) is 0 Å². The van der Waals surface area contributed by atoms with Gasteiger partial charge >= 0.3 is 5.97 Å². The molecule has 2 atom stereocenters. The monoisotopic (exact) mass is 334 g/mol. The Bertz CT molecular complexity index is 409. The number of carbonyl (C=O) groups excluding carboxylic acids is 1. The molecule has 3 heteroatoms. The fraction of sp³-hybridized carbons (Fsp3) is 0.667. The maximum Gasteiger partial charge on any atom is 0.305 e. The van der Waals surface area contributed by atoms with E-state index in [1.807, 2.05) is 0 Å². The van der Waals surface area contributed by atoms with E-state index >= 15 is 0 Å². The lowest BCUT2D eigenvalue weighted by molar-refractivity contribution is -0.140. The topological polar surface area (TPSA) is 38.8 Å². The predicted octanol–water partition coefficient (Wildman–Crippen LogP) is 5.52. The van der Waals surface area contributed by atoms with Gasteiger partial charge in [0.15, 0.2) is 0 Å². The molecular weight excluding hydrogens is 300 g/mol. The fourth-order valence-corrected chi connectivity index (χ4v) is 2.54. The normalized spacial score (nSPS) is 20.4. The maximum absolute atomic E-state index is 11.0. The molecule has 1 saturated heterocycles. The van der Waals surface area contributed by atoms with E-state index in [1.54, 1.807) is 0 Å². The summed E-state index contributed by atoms with van der Waals surface area (Å²) in [5.41, 5.74) is 0. The molecule has 0 aromatic heterocycles. The molecule has 0 spiro atoms. The van der Waals surface area contributed by atoms with Crippen molar-refractivity contribution in [2.45, 2.75) is 83.3 Å². The number of ether oxygens (including phenoxy) is 2. The van der Waals surface area contributed by atoms with E-state index in [-0.39, 0.29) is 5.97 Å². The summed E-state index contributed by atoms with van der Waals surface area (Å²) in [5, 5.41) is 0. The molecule has 2 unspecified atom stereocenters. The Morgan fingerprint density at radius 2 is 1.54 bits per heavy atom. The van der Waals surface area contributed by atoms with Gasteiger partial charge in [-0.1, -0.05) is 56.2 Å². The summed E-state index contributed by atoms with van der Waals surface area (Å²) < 4.78 is 10.3. The van der Waals surface area contributed by atoms with Crippen molar-refractivity contribution in [1.29, 1.82) is 0 Å². The molecule has 1 aliphatic rings. The Kier molecular flexibility index (Phi) is 12.1. The van der Waals surface area contributed by atoms with Gasteiger partial charge < -0.3 is 9.47 Å². The SMILES string of the molecule is CCCCCC=CCC=CCC1OC1CC=CCCCC(=O)OC. The van der Waals surface area contributed by atoms with Gasteiger partial charge in [-0.2, -0.15) is 0 Å². The van der Waals surface area contributed by atoms with Crippen LogP contribution in [0.4, 0.5) is 0 Å². The summed E-state index contributed by atoms with van der Waals surface area (Å²) in [4.78, 5) is 11.0. The first-order valence-electron chi connectivity index (χ1n) is 9.45. The molecule has 3 nitrogen and oxygen atoms in total. The third-order valence-electron chi connectivity index (χ3n) is 4.15. The molecule has 24 heavy (non-hydrogen) atoms. The number of rotatable bonds is 14. The van der Waals surface area contributed by atoms with E-state index in [9.17, 15) is 4.79 Å². The number of unbranched alkanes of at least 4 members (excludes halogenated alkanes) is 4. The summed E-state index contributed by atoms with van der Waals surface area (Å²) in [5.74, 6) is -0.128. The second kappa shape index (κ2) is 14.0. The van der Waals surface area contributed by atoms with Crippen molar-refractivity contribution in [1.82, 2.24) is 0 Å². The molecule has 0 saturated carbocycles. The average molecular weight is 335 g/mol. The molecular formula is C21H34O3. The molecule has 0 aromatic rings. The number of hydrogen-bond acceptors (Lipinski definition) is 3. The second-order valence-electron chi connectivity index (χ2n) is 6.30. The average Bonchev–Trinajstić information content (AvgIpc) is 3.34. The van der Waals surface area contributed by atoms with Gasteiger partial charge in [0.05, 0.1) is 19.3 Å². The molecule has 1 heterocycles. The molecule has 0 aliphatic carbocycles. The van der Waals surface area contributed by atoms with E-state index in [4.69, 9.17) is 4.74 Å². The minimum Gasteiger partial charge on any atom is -0.469 e. The number of epoxide rings is 1. The highest BCUT2D eigenvalue weighted by Crippen LogP contribution is 2.29. The van der Waals surface area contributed by atoms with Crippen molar-refractivity contribution >= 4 is 5.97 Å². The Hall–Kier alpha value is -1.35. The molecule has 0 radical (unpaired) electrons. The summed E-state index contributed by atoms with van der Waals surface area (Å²) in [6.45, 7) is 2.24. The Balaban J connectivity index is 1.93. The highest BCUT2D eigenvalue weighted by atomic mass is 16.6. The number of carbonyl (C=O) groups is 1. The van der Waals surface area contributed by atoms with Gasteiger partial charge in [-0.25, -0.2) is 0 Å². The van der Waals surface area contributed by atoms with Crippen molar-refractivity contribution in [3.63, 3.8) is 0 Å². The van der Waals surface area contributed by atoms with Crippen LogP contribution < -0.4 is 0 Å². The molecule has 1 aliphatic heterocycles. The molecule has 1 rings (SSSR count). The summed E-state index contributed by atoms with van der Waals surface area (Å²) in [7, 11) is 1.43. The van der Waals surface area contributed by atoms with Crippen LogP contribution in [0, 0.1) is 0 Å². The Labute approximate surface area is 147 Å². The first kappa shape index (κ1) is 20.7. The van der Waals surface area contributed by atoms with E-state index < -0.39 is 0 Å². The minimum atomic E-state index is -0.128. The van der Waals surface area contributed by atoms with Crippen molar-refractivity contribution in [2.24, 2.45) is 0 Å². The zero-order valence-electron chi connectivity index (χ0n) is 15.4. The largest absolute Gasteiger partial charge is 0.469 e. The van der Waals surface area contributed by atoms with Crippen LogP contribution in [0.25, 0.3) is 0 Å². The third kappa shape index (κ3) is 11.2. The van der Waals surface area contributed by atoms with E-state index in [0.717, 1.165) is 32.1 Å². The van der Waals surface area contributed by atoms with E-state index in [0.29, 0.717) is 18.6 Å². The van der Waals surface area contributed by atoms with Crippen molar-refractivity contribution in [2.75, 3.05) is 7.11 Å². The Morgan fingerprint density at radius 1 is 0.917 bits per heavy atom. The van der Waals surface area contributed by atoms with Crippen molar-refractivity contribution in [3.05, 3.63) is 36.5 Å². The molecule has 1 fully saturated rings. The maximum atomic E-state index is 11.0. The second-order valence-corrected chi connectivity index (χ2v) is 6.30. The molecule has 0 amide bonds. The molecule has 0 N–H and O–H groups in total. The first-order chi connectivity index (χ1) is 11.8. The lowest BCUT2D eigenvalue weighted by Gasteiger charge is -1.95. The lowest BCUT2D eigenvalue weighted by Crippen LogP contribution is -1.98. The number of methoxy groups -OCH3 is 1. The molecule has 136 valence electrons. The standard InChI is InChI=1S/C21H34O3/c1-3-4-5-6-7-8-9-10-13-16-19-20(24-19)17-14-11-12-15-18-21(22)23-2/h7-8,10-11,13-14,19-20H,3-6,9,12,15-18H2,1-2H3. The summed E-state index contributed by atoms with van der Waals surface area (Å²) >= 11 is 0. The molecule has 0 aromatic carbocycles. The summed E-state index contributed by atoms with van der Waals surface area (Å²) in [6, 6.07) is 0. The zero-order chi connectivity index (χ0) is 17.5. The fourth-order valence-electron chi connectivity index (χ4n) is 2.54. The highest BCUT2D eigenvalue weighted by molar-refractivity contribution is 5.69. The number of hydrogen-bond donors (Lipinski definition) is 0. The predicted molar refractivity (Wildman–Crippen MR) is 99.9 cm³/mol. The summed E-state index contributed by atoms with van der Waals surface area (Å²) in [6.07, 6.45) is 24.6. The van der Waals surface area contributed by atoms with Gasteiger partial charge in [0, 0.05) is 6.42 Å². The van der Waals surface area contributed by atoms with Gasteiger partial charge in [0.1, 0.15) is 0 Å². The van der Waals surface area contributed by atoms with Crippen molar-refractivity contribution < 1.29 is 14.3 Å². The van der Waals surface area contributed by atoms with Crippen LogP contribution in [-0.2, 0) is 14.3 Å². The van der Waals surface area contributed by atoms with Crippen LogP contribution in [0.3, 0.4) is 0 Å². The zero-order valence-corrected chi connectivity index (χ0v) is 15.4. The number of esters is 1. The van der Waals surface area contributed by atoms with Crippen LogP contribution in [0.1, 0.15) is 71.1 Å². The van der Waals surface area contributed by atoms with Gasteiger partial charge in [-0.3, -0.25) is 4.79 Å². The van der Waals surface area contributed by atoms with E-state index in [2.05, 4.69) is 48.1 Å². The van der Waals surface area contributed by atoms with Gasteiger partial charge in [-0.05, 0) is 44.9 Å².